The van der Waals surface area contributed by atoms with E-state index < -0.39 is 0 Å². The van der Waals surface area contributed by atoms with Crippen LogP contribution in [0.4, 0.5) is 5.69 Å². The summed E-state index contributed by atoms with van der Waals surface area (Å²) in [6.45, 7) is 2.72. The quantitative estimate of drug-likeness (QED) is 0.390. The summed E-state index contributed by atoms with van der Waals surface area (Å²) in [6, 6.07) is 13.0. The van der Waals surface area contributed by atoms with E-state index in [1.165, 1.54) is 7.11 Å². The van der Waals surface area contributed by atoms with Gasteiger partial charge in [-0.2, -0.15) is 0 Å². The van der Waals surface area contributed by atoms with Gasteiger partial charge in [0.15, 0.2) is 0 Å². The first kappa shape index (κ1) is 17.6. The van der Waals surface area contributed by atoms with E-state index in [0.717, 1.165) is 22.4 Å². The molecule has 0 radical (unpaired) electrons. The highest BCUT2D eigenvalue weighted by Gasteiger charge is 2.21. The van der Waals surface area contributed by atoms with Crippen LogP contribution in [0.15, 0.2) is 47.6 Å². The first-order valence-electron chi connectivity index (χ1n) is 8.18. The van der Waals surface area contributed by atoms with Crippen molar-refractivity contribution in [1.82, 2.24) is 4.98 Å². The minimum Gasteiger partial charge on any atom is -0.399 e. The van der Waals surface area contributed by atoms with Crippen LogP contribution in [0.3, 0.4) is 0 Å². The molecule has 0 aliphatic heterocycles. The summed E-state index contributed by atoms with van der Waals surface area (Å²) in [6.07, 6.45) is 1.56. The maximum absolute atomic E-state index is 11.6. The van der Waals surface area contributed by atoms with Crippen LogP contribution < -0.4 is 0 Å². The number of aromatic amines is 1. The molecule has 7 nitrogen and oxygen atoms in total. The molecule has 0 amide bonds. The fourth-order valence-corrected chi connectivity index (χ4v) is 2.88. The van der Waals surface area contributed by atoms with Crippen molar-refractivity contribution in [2.75, 3.05) is 13.7 Å². The van der Waals surface area contributed by atoms with Crippen LogP contribution in [-0.4, -0.2) is 29.8 Å². The molecule has 2 aromatic carbocycles. The van der Waals surface area contributed by atoms with Gasteiger partial charge in [0.1, 0.15) is 12.6 Å². The average Bonchev–Trinajstić information content (AvgIpc) is 3.03. The van der Waals surface area contributed by atoms with Crippen LogP contribution in [0.5, 0.6) is 0 Å². The molecule has 0 spiro atoms. The second-order valence-electron chi connectivity index (χ2n) is 5.63. The van der Waals surface area contributed by atoms with Gasteiger partial charge in [-0.05, 0) is 24.1 Å². The van der Waals surface area contributed by atoms with E-state index in [0.29, 0.717) is 24.1 Å². The molecule has 0 bridgehead atoms. The number of benzene rings is 2. The largest absolute Gasteiger partial charge is 0.399 e. The Kier molecular flexibility index (Phi) is 5.28. The summed E-state index contributed by atoms with van der Waals surface area (Å²) in [5, 5.41) is 16.2. The molecule has 0 aliphatic carbocycles. The highest BCUT2D eigenvalue weighted by molar-refractivity contribution is 6.08. The number of rotatable bonds is 7. The van der Waals surface area contributed by atoms with Crippen LogP contribution in [0.25, 0.3) is 22.2 Å². The Bertz CT molecular complexity index is 948. The first-order valence-corrected chi connectivity index (χ1v) is 8.18. The molecule has 3 rings (SSSR count). The van der Waals surface area contributed by atoms with Crippen molar-refractivity contribution in [3.63, 3.8) is 0 Å². The summed E-state index contributed by atoms with van der Waals surface area (Å²) < 4.78 is 5.42. The van der Waals surface area contributed by atoms with Crippen molar-refractivity contribution in [2.24, 2.45) is 5.16 Å². The minimum atomic E-state index is -0.389. The molecule has 0 saturated carbocycles. The molecule has 1 heterocycles. The van der Waals surface area contributed by atoms with E-state index in [9.17, 15) is 10.1 Å². The number of nitro groups is 1. The summed E-state index contributed by atoms with van der Waals surface area (Å²) in [5.74, 6) is 0. The zero-order valence-electron chi connectivity index (χ0n) is 14.6. The molecule has 1 aromatic heterocycles. The lowest BCUT2D eigenvalue weighted by Gasteiger charge is -2.03. The number of ether oxygens (including phenoxy) is 1. The molecule has 0 saturated heterocycles. The second kappa shape index (κ2) is 7.79. The van der Waals surface area contributed by atoms with Crippen molar-refractivity contribution >= 4 is 22.8 Å². The summed E-state index contributed by atoms with van der Waals surface area (Å²) in [5.41, 5.74) is 3.57. The molecule has 0 aliphatic rings. The molecule has 0 unspecified atom stereocenters. The standard InChI is InChI=1S/C19H19N3O4/c1-3-26-12-13-9-15-16(11-20-25-2)18(14-7-5-4-6-8-14)21-19(15)17(10-13)22(23)24/h4-11,21H,3,12H2,1-2H3. The number of oxime groups is 1. The number of aromatic nitrogens is 1. The molecular weight excluding hydrogens is 334 g/mol. The third kappa shape index (κ3) is 3.43. The fourth-order valence-electron chi connectivity index (χ4n) is 2.88. The van der Waals surface area contributed by atoms with Crippen LogP contribution in [0.1, 0.15) is 18.1 Å². The summed E-state index contributed by atoms with van der Waals surface area (Å²) in [4.78, 5) is 19.2. The van der Waals surface area contributed by atoms with Gasteiger partial charge in [0, 0.05) is 23.6 Å². The number of hydrogen-bond donors (Lipinski definition) is 1. The van der Waals surface area contributed by atoms with Gasteiger partial charge >= 0.3 is 0 Å². The lowest BCUT2D eigenvalue weighted by Crippen LogP contribution is -1.96. The van der Waals surface area contributed by atoms with Gasteiger partial charge in [0.2, 0.25) is 0 Å². The Balaban J connectivity index is 2.29. The van der Waals surface area contributed by atoms with Crippen LogP contribution >= 0.6 is 0 Å². The van der Waals surface area contributed by atoms with Crippen LogP contribution in [0, 0.1) is 10.1 Å². The maximum atomic E-state index is 11.6. The van der Waals surface area contributed by atoms with Crippen LogP contribution in [0.2, 0.25) is 0 Å². The normalized spacial score (nSPS) is 11.3. The Labute approximate surface area is 150 Å². The molecule has 7 heteroatoms. The lowest BCUT2D eigenvalue weighted by molar-refractivity contribution is -0.383. The van der Waals surface area contributed by atoms with Crippen molar-refractivity contribution in [1.29, 1.82) is 0 Å². The van der Waals surface area contributed by atoms with Gasteiger partial charge in [-0.15, -0.1) is 0 Å². The van der Waals surface area contributed by atoms with Gasteiger partial charge in [-0.1, -0.05) is 35.5 Å². The minimum absolute atomic E-state index is 0.00597. The Morgan fingerprint density at radius 2 is 2.04 bits per heavy atom. The predicted octanol–water partition coefficient (Wildman–Crippen LogP) is 4.26. The number of nitrogens with one attached hydrogen (secondary N) is 1. The molecule has 0 atom stereocenters. The SMILES string of the molecule is CCOCc1cc([N+](=O)[O-])c2[nH]c(-c3ccccc3)c(C=NOC)c2c1. The van der Waals surface area contributed by atoms with E-state index in [1.807, 2.05) is 43.3 Å². The summed E-state index contributed by atoms with van der Waals surface area (Å²) >= 11 is 0. The van der Waals surface area contributed by atoms with Gasteiger partial charge in [0.05, 0.1) is 23.4 Å². The van der Waals surface area contributed by atoms with E-state index in [2.05, 4.69) is 10.1 Å². The zero-order chi connectivity index (χ0) is 18.5. The number of hydrogen-bond acceptors (Lipinski definition) is 5. The highest BCUT2D eigenvalue weighted by Crippen LogP contribution is 2.35. The van der Waals surface area contributed by atoms with E-state index >= 15 is 0 Å². The van der Waals surface area contributed by atoms with Gasteiger partial charge in [-0.25, -0.2) is 0 Å². The second-order valence-corrected chi connectivity index (χ2v) is 5.63. The predicted molar refractivity (Wildman–Crippen MR) is 100 cm³/mol. The van der Waals surface area contributed by atoms with E-state index in [-0.39, 0.29) is 10.6 Å². The third-order valence-corrected chi connectivity index (χ3v) is 4.01. The van der Waals surface area contributed by atoms with Crippen molar-refractivity contribution < 1.29 is 14.5 Å². The lowest BCUT2D eigenvalue weighted by atomic mass is 10.0. The Hall–Kier alpha value is -3.19. The molecule has 1 N–H and O–H groups in total. The molecule has 134 valence electrons. The number of nitro benzene ring substituents is 1. The average molecular weight is 353 g/mol. The maximum Gasteiger partial charge on any atom is 0.293 e. The fraction of sp³-hybridized carbons (Fsp3) is 0.211. The number of nitrogens with zero attached hydrogens (tertiary/aromatic N) is 2. The Morgan fingerprint density at radius 1 is 1.27 bits per heavy atom. The topological polar surface area (TPSA) is 89.8 Å². The number of non-ortho nitro benzene ring substituents is 1. The molecule has 0 fully saturated rings. The van der Waals surface area contributed by atoms with E-state index in [4.69, 9.17) is 9.57 Å². The van der Waals surface area contributed by atoms with Crippen molar-refractivity contribution in [3.8, 4) is 11.3 Å². The molecule has 3 aromatic rings. The highest BCUT2D eigenvalue weighted by atomic mass is 16.6. The Morgan fingerprint density at radius 3 is 2.69 bits per heavy atom. The molecule has 26 heavy (non-hydrogen) atoms. The van der Waals surface area contributed by atoms with Gasteiger partial charge in [-0.3, -0.25) is 10.1 Å². The number of fused-ring (bicyclic) bond motifs is 1. The van der Waals surface area contributed by atoms with Gasteiger partial charge < -0.3 is 14.6 Å². The smallest absolute Gasteiger partial charge is 0.293 e. The monoisotopic (exact) mass is 353 g/mol. The zero-order valence-corrected chi connectivity index (χ0v) is 14.6. The molecular formula is C19H19N3O4. The number of H-pyrrole nitrogens is 1. The van der Waals surface area contributed by atoms with Gasteiger partial charge in [0.25, 0.3) is 5.69 Å². The third-order valence-electron chi connectivity index (χ3n) is 4.01. The van der Waals surface area contributed by atoms with Crippen molar-refractivity contribution in [3.05, 3.63) is 63.7 Å². The first-order chi connectivity index (χ1) is 12.7. The van der Waals surface area contributed by atoms with Crippen molar-refractivity contribution in [2.45, 2.75) is 13.5 Å². The van der Waals surface area contributed by atoms with Crippen LogP contribution in [-0.2, 0) is 16.2 Å². The van der Waals surface area contributed by atoms with E-state index in [1.54, 1.807) is 12.3 Å². The summed E-state index contributed by atoms with van der Waals surface area (Å²) in [7, 11) is 1.45.